The minimum atomic E-state index is -1.42. The average Bonchev–Trinajstić information content (AvgIpc) is 2.91. The third kappa shape index (κ3) is 6.75. The van der Waals surface area contributed by atoms with E-state index in [4.69, 9.17) is 23.7 Å². The molecule has 7 heteroatoms. The topological polar surface area (TPSA) is 83.5 Å². The molecule has 1 fully saturated rings. The quantitative estimate of drug-likeness (QED) is 0.446. The molecule has 0 aromatic heterocycles. The number of rotatable bonds is 10. The molecule has 184 valence electrons. The highest BCUT2D eigenvalue weighted by molar-refractivity contribution is 5.75. The van der Waals surface area contributed by atoms with Gasteiger partial charge in [-0.25, -0.2) is 4.79 Å². The lowest BCUT2D eigenvalue weighted by atomic mass is 9.97. The van der Waals surface area contributed by atoms with Gasteiger partial charge in [-0.15, -0.1) is 0 Å². The van der Waals surface area contributed by atoms with E-state index >= 15 is 0 Å². The zero-order chi connectivity index (χ0) is 24.5. The maximum atomic E-state index is 12.6. The van der Waals surface area contributed by atoms with Gasteiger partial charge in [-0.3, -0.25) is 0 Å². The van der Waals surface area contributed by atoms with E-state index in [1.807, 2.05) is 91.0 Å². The Kier molecular flexibility index (Phi) is 9.00. The van der Waals surface area contributed by atoms with E-state index in [0.29, 0.717) is 0 Å². The fourth-order valence-corrected chi connectivity index (χ4v) is 3.98. The summed E-state index contributed by atoms with van der Waals surface area (Å²) in [5.41, 5.74) is 2.79. The summed E-state index contributed by atoms with van der Waals surface area (Å²) in [6, 6.07) is 28.8. The van der Waals surface area contributed by atoms with Crippen LogP contribution in [0.1, 0.15) is 16.7 Å². The Morgan fingerprint density at radius 3 is 1.51 bits per heavy atom. The van der Waals surface area contributed by atoms with Gasteiger partial charge < -0.3 is 28.8 Å². The highest BCUT2D eigenvalue weighted by Crippen LogP contribution is 2.30. The third-order valence-electron chi connectivity index (χ3n) is 5.80. The summed E-state index contributed by atoms with van der Waals surface area (Å²) in [6.07, 6.45) is -5.19. The van der Waals surface area contributed by atoms with Gasteiger partial charge >= 0.3 is 5.97 Å². The summed E-state index contributed by atoms with van der Waals surface area (Å²) in [6.45, 7) is 0.684. The van der Waals surface area contributed by atoms with Gasteiger partial charge in [-0.05, 0) is 16.7 Å². The van der Waals surface area contributed by atoms with Crippen LogP contribution in [-0.4, -0.2) is 48.9 Å². The average molecular weight is 479 g/mol. The molecule has 0 saturated carbocycles. The van der Waals surface area contributed by atoms with E-state index in [0.717, 1.165) is 16.7 Å². The molecule has 1 aliphatic rings. The van der Waals surface area contributed by atoms with Crippen molar-refractivity contribution in [3.63, 3.8) is 0 Å². The van der Waals surface area contributed by atoms with Crippen LogP contribution in [0.3, 0.4) is 0 Å². The smallest absolute Gasteiger partial charge is 0.337 e. The molecule has 35 heavy (non-hydrogen) atoms. The number of benzene rings is 3. The standard InChI is InChI=1S/C28H30O7/c1-31-27(29)26-24(33-18-21-13-7-3-8-14-21)23(32-17-20-11-5-2-6-12-20)25(28(30)35-26)34-19-22-15-9-4-10-16-22/h2-16,23-26,28,30H,17-19H2,1H3/t23-,24-,25+,26-,28+/m0/s1. The molecule has 7 nitrogen and oxygen atoms in total. The first-order chi connectivity index (χ1) is 17.2. The molecular formula is C28H30O7. The summed E-state index contributed by atoms with van der Waals surface area (Å²) in [5, 5.41) is 10.8. The van der Waals surface area contributed by atoms with E-state index in [2.05, 4.69) is 0 Å². The van der Waals surface area contributed by atoms with Crippen molar-refractivity contribution in [1.29, 1.82) is 0 Å². The Bertz CT molecular complexity index is 1030. The van der Waals surface area contributed by atoms with E-state index < -0.39 is 36.7 Å². The van der Waals surface area contributed by atoms with Crippen LogP contribution >= 0.6 is 0 Å². The fourth-order valence-electron chi connectivity index (χ4n) is 3.98. The predicted molar refractivity (Wildman–Crippen MR) is 128 cm³/mol. The Labute approximate surface area is 205 Å². The Morgan fingerprint density at radius 1 is 0.686 bits per heavy atom. The number of hydrogen-bond acceptors (Lipinski definition) is 7. The number of ether oxygens (including phenoxy) is 5. The molecule has 4 rings (SSSR count). The zero-order valence-electron chi connectivity index (χ0n) is 19.6. The molecule has 0 spiro atoms. The predicted octanol–water partition coefficient (Wildman–Crippen LogP) is 3.63. The van der Waals surface area contributed by atoms with Gasteiger partial charge in [0.05, 0.1) is 26.9 Å². The van der Waals surface area contributed by atoms with Crippen molar-refractivity contribution in [2.45, 2.75) is 50.5 Å². The normalized spacial score (nSPS) is 24.1. The van der Waals surface area contributed by atoms with Gasteiger partial charge in [-0.2, -0.15) is 0 Å². The van der Waals surface area contributed by atoms with Crippen LogP contribution in [0.25, 0.3) is 0 Å². The number of aliphatic hydroxyl groups excluding tert-OH is 1. The minimum absolute atomic E-state index is 0.217. The van der Waals surface area contributed by atoms with Gasteiger partial charge in [0.1, 0.15) is 18.3 Å². The van der Waals surface area contributed by atoms with Crippen LogP contribution in [0, 0.1) is 0 Å². The highest BCUT2D eigenvalue weighted by atomic mass is 16.7. The summed E-state index contributed by atoms with van der Waals surface area (Å²) < 4.78 is 29.2. The Morgan fingerprint density at radius 2 is 1.09 bits per heavy atom. The zero-order valence-corrected chi connectivity index (χ0v) is 19.6. The lowest BCUT2D eigenvalue weighted by molar-refractivity contribution is -0.308. The second kappa shape index (κ2) is 12.6. The molecule has 0 unspecified atom stereocenters. The van der Waals surface area contributed by atoms with E-state index in [1.54, 1.807) is 0 Å². The second-order valence-corrected chi connectivity index (χ2v) is 8.25. The molecule has 0 bridgehead atoms. The number of methoxy groups -OCH3 is 1. The largest absolute Gasteiger partial charge is 0.467 e. The minimum Gasteiger partial charge on any atom is -0.467 e. The van der Waals surface area contributed by atoms with E-state index in [-0.39, 0.29) is 19.8 Å². The number of aliphatic hydroxyl groups is 1. The summed E-state index contributed by atoms with van der Waals surface area (Å²) in [5.74, 6) is -0.656. The number of carbonyl (C=O) groups is 1. The molecule has 1 saturated heterocycles. The lowest BCUT2D eigenvalue weighted by Gasteiger charge is -2.43. The first-order valence-electron chi connectivity index (χ1n) is 11.5. The monoisotopic (exact) mass is 478 g/mol. The maximum absolute atomic E-state index is 12.6. The molecule has 3 aromatic carbocycles. The first-order valence-corrected chi connectivity index (χ1v) is 11.5. The van der Waals surface area contributed by atoms with Gasteiger partial charge in [0.2, 0.25) is 0 Å². The molecule has 1 aliphatic heterocycles. The SMILES string of the molecule is COC(=O)[C@H]1O[C@@H](O)[C@H](OCc2ccccc2)[C@@H](OCc2ccccc2)[C@@H]1OCc1ccccc1. The van der Waals surface area contributed by atoms with E-state index in [9.17, 15) is 9.90 Å². The molecule has 0 amide bonds. The summed E-state index contributed by atoms with van der Waals surface area (Å²) >= 11 is 0. The van der Waals surface area contributed by atoms with Crippen LogP contribution in [-0.2, 0) is 48.3 Å². The van der Waals surface area contributed by atoms with Crippen LogP contribution in [0.2, 0.25) is 0 Å². The third-order valence-corrected chi connectivity index (χ3v) is 5.80. The molecular weight excluding hydrogens is 448 g/mol. The van der Waals surface area contributed by atoms with Crippen molar-refractivity contribution in [3.05, 3.63) is 108 Å². The highest BCUT2D eigenvalue weighted by Gasteiger charge is 2.51. The summed E-state index contributed by atoms with van der Waals surface area (Å²) in [4.78, 5) is 12.6. The van der Waals surface area contributed by atoms with Crippen LogP contribution < -0.4 is 0 Å². The van der Waals surface area contributed by atoms with Crippen molar-refractivity contribution < 1.29 is 33.6 Å². The fraction of sp³-hybridized carbons (Fsp3) is 0.321. The van der Waals surface area contributed by atoms with Crippen LogP contribution in [0.4, 0.5) is 0 Å². The molecule has 0 radical (unpaired) electrons. The van der Waals surface area contributed by atoms with Gasteiger partial charge in [-0.1, -0.05) is 91.0 Å². The molecule has 3 aromatic rings. The number of hydrogen-bond donors (Lipinski definition) is 1. The number of carbonyl (C=O) groups excluding carboxylic acids is 1. The van der Waals surface area contributed by atoms with Crippen molar-refractivity contribution in [1.82, 2.24) is 0 Å². The van der Waals surface area contributed by atoms with Gasteiger partial charge in [0.25, 0.3) is 0 Å². The van der Waals surface area contributed by atoms with Crippen LogP contribution in [0.5, 0.6) is 0 Å². The molecule has 0 aliphatic carbocycles. The van der Waals surface area contributed by atoms with Gasteiger partial charge in [0, 0.05) is 0 Å². The second-order valence-electron chi connectivity index (χ2n) is 8.25. The lowest BCUT2D eigenvalue weighted by Crippen LogP contribution is -2.62. The first kappa shape index (κ1) is 25.0. The molecule has 1 N–H and O–H groups in total. The van der Waals surface area contributed by atoms with Crippen molar-refractivity contribution in [3.8, 4) is 0 Å². The van der Waals surface area contributed by atoms with Crippen molar-refractivity contribution in [2.75, 3.05) is 7.11 Å². The molecule has 5 atom stereocenters. The Hall–Kier alpha value is -3.07. The van der Waals surface area contributed by atoms with Crippen molar-refractivity contribution in [2.24, 2.45) is 0 Å². The number of esters is 1. The molecule has 1 heterocycles. The Balaban J connectivity index is 1.59. The van der Waals surface area contributed by atoms with Gasteiger partial charge in [0.15, 0.2) is 12.4 Å². The van der Waals surface area contributed by atoms with Crippen molar-refractivity contribution >= 4 is 5.97 Å². The maximum Gasteiger partial charge on any atom is 0.337 e. The summed E-state index contributed by atoms with van der Waals surface area (Å²) in [7, 11) is 1.27. The van der Waals surface area contributed by atoms with E-state index in [1.165, 1.54) is 7.11 Å². The van der Waals surface area contributed by atoms with Crippen LogP contribution in [0.15, 0.2) is 91.0 Å².